The molecule has 0 aliphatic heterocycles. The Hall–Kier alpha value is -3.17. The summed E-state index contributed by atoms with van der Waals surface area (Å²) in [5, 5.41) is 4.94. The Morgan fingerprint density at radius 3 is 2.26 bits per heavy atom. The maximum atomic E-state index is 12.5. The fourth-order valence-electron chi connectivity index (χ4n) is 3.72. The van der Waals surface area contributed by atoms with E-state index in [0.29, 0.717) is 0 Å². The molecular formula is C21H28N2O8. The third-order valence-corrected chi connectivity index (χ3v) is 5.00. The van der Waals surface area contributed by atoms with Crippen LogP contribution in [0.25, 0.3) is 0 Å². The standard InChI is InChI=1S/C21H28N2O8/c1-5-29-20(27)17-16(11(2)24)12(3)31-19(17)23-15(26)10-30-21(28)18(22-13(4)25)14-8-6-7-9-14/h14,18H,5-10H2,1-4H3,(H,22,25)(H,23,26). The summed E-state index contributed by atoms with van der Waals surface area (Å²) in [4.78, 5) is 60.5. The van der Waals surface area contributed by atoms with E-state index in [2.05, 4.69) is 10.6 Å². The number of esters is 2. The molecule has 0 radical (unpaired) electrons. The topological polar surface area (TPSA) is 141 Å². The molecule has 0 aromatic carbocycles. The Labute approximate surface area is 180 Å². The van der Waals surface area contributed by atoms with E-state index in [1.54, 1.807) is 6.92 Å². The van der Waals surface area contributed by atoms with Crippen LogP contribution >= 0.6 is 0 Å². The molecule has 170 valence electrons. The average Bonchev–Trinajstić information content (AvgIpc) is 3.32. The van der Waals surface area contributed by atoms with Gasteiger partial charge in [0.15, 0.2) is 12.4 Å². The van der Waals surface area contributed by atoms with Crippen molar-refractivity contribution in [2.24, 2.45) is 5.92 Å². The van der Waals surface area contributed by atoms with Gasteiger partial charge in [-0.15, -0.1) is 0 Å². The fraction of sp³-hybridized carbons (Fsp3) is 0.571. The molecule has 1 saturated carbocycles. The first-order valence-electron chi connectivity index (χ1n) is 10.2. The van der Waals surface area contributed by atoms with E-state index in [4.69, 9.17) is 13.9 Å². The summed E-state index contributed by atoms with van der Waals surface area (Å²) < 4.78 is 15.4. The lowest BCUT2D eigenvalue weighted by Gasteiger charge is -2.22. The Bertz CT molecular complexity index is 867. The van der Waals surface area contributed by atoms with Crippen molar-refractivity contribution < 1.29 is 37.9 Å². The highest BCUT2D eigenvalue weighted by atomic mass is 16.5. The third-order valence-electron chi connectivity index (χ3n) is 5.00. The second-order valence-electron chi connectivity index (χ2n) is 7.39. The minimum Gasteiger partial charge on any atom is -0.462 e. The summed E-state index contributed by atoms with van der Waals surface area (Å²) in [6, 6.07) is -0.821. The van der Waals surface area contributed by atoms with Crippen molar-refractivity contribution in [1.29, 1.82) is 0 Å². The van der Waals surface area contributed by atoms with Gasteiger partial charge in [0.1, 0.15) is 17.4 Å². The van der Waals surface area contributed by atoms with Crippen LogP contribution < -0.4 is 10.6 Å². The van der Waals surface area contributed by atoms with Gasteiger partial charge in [-0.25, -0.2) is 9.59 Å². The molecule has 10 heteroatoms. The number of ether oxygens (including phenoxy) is 2. The molecule has 1 heterocycles. The van der Waals surface area contributed by atoms with Crippen molar-refractivity contribution in [3.05, 3.63) is 16.9 Å². The van der Waals surface area contributed by atoms with Gasteiger partial charge in [0.2, 0.25) is 11.8 Å². The smallest absolute Gasteiger partial charge is 0.344 e. The number of amides is 2. The molecule has 31 heavy (non-hydrogen) atoms. The molecule has 2 N–H and O–H groups in total. The Morgan fingerprint density at radius 1 is 1.06 bits per heavy atom. The van der Waals surface area contributed by atoms with Crippen LogP contribution in [0.2, 0.25) is 0 Å². The largest absolute Gasteiger partial charge is 0.462 e. The van der Waals surface area contributed by atoms with Gasteiger partial charge < -0.3 is 19.2 Å². The molecule has 1 unspecified atom stereocenters. The molecule has 10 nitrogen and oxygen atoms in total. The van der Waals surface area contributed by atoms with Crippen LogP contribution in [0, 0.1) is 12.8 Å². The van der Waals surface area contributed by atoms with E-state index in [1.165, 1.54) is 20.8 Å². The van der Waals surface area contributed by atoms with Crippen molar-refractivity contribution in [3.63, 3.8) is 0 Å². The summed E-state index contributed by atoms with van der Waals surface area (Å²) in [6.07, 6.45) is 3.49. The number of rotatable bonds is 9. The highest BCUT2D eigenvalue weighted by Gasteiger charge is 2.33. The van der Waals surface area contributed by atoms with Gasteiger partial charge in [0.25, 0.3) is 5.91 Å². The van der Waals surface area contributed by atoms with Gasteiger partial charge in [-0.2, -0.15) is 0 Å². The number of furan rings is 1. The summed E-state index contributed by atoms with van der Waals surface area (Å²) >= 11 is 0. The van der Waals surface area contributed by atoms with E-state index < -0.39 is 36.3 Å². The first-order valence-corrected chi connectivity index (χ1v) is 10.2. The molecule has 2 rings (SSSR count). The van der Waals surface area contributed by atoms with Gasteiger partial charge in [0, 0.05) is 6.92 Å². The number of hydrogen-bond acceptors (Lipinski definition) is 8. The number of aryl methyl sites for hydroxylation is 1. The molecule has 1 aromatic rings. The highest BCUT2D eigenvalue weighted by Crippen LogP contribution is 2.29. The van der Waals surface area contributed by atoms with Crippen LogP contribution in [0.3, 0.4) is 0 Å². The van der Waals surface area contributed by atoms with Gasteiger partial charge >= 0.3 is 11.9 Å². The molecule has 1 aliphatic carbocycles. The first-order chi connectivity index (χ1) is 14.6. The Morgan fingerprint density at radius 2 is 1.71 bits per heavy atom. The zero-order valence-electron chi connectivity index (χ0n) is 18.2. The van der Waals surface area contributed by atoms with Gasteiger partial charge in [-0.1, -0.05) is 12.8 Å². The number of carbonyl (C=O) groups excluding carboxylic acids is 5. The Balaban J connectivity index is 2.09. The lowest BCUT2D eigenvalue weighted by molar-refractivity contribution is -0.152. The molecule has 2 amide bonds. The number of nitrogens with one attached hydrogen (secondary N) is 2. The highest BCUT2D eigenvalue weighted by molar-refractivity contribution is 6.10. The molecule has 1 fully saturated rings. The number of hydrogen-bond donors (Lipinski definition) is 2. The van der Waals surface area contributed by atoms with Crippen LogP contribution in [0.1, 0.15) is 72.9 Å². The first kappa shape index (κ1) is 24.1. The second-order valence-corrected chi connectivity index (χ2v) is 7.39. The molecular weight excluding hydrogens is 408 g/mol. The minimum atomic E-state index is -0.821. The molecule has 1 atom stereocenters. The maximum absolute atomic E-state index is 12.5. The normalized spacial score (nSPS) is 14.6. The van der Waals surface area contributed by atoms with Crippen molar-refractivity contribution in [2.75, 3.05) is 18.5 Å². The lowest BCUT2D eigenvalue weighted by Crippen LogP contribution is -2.46. The minimum absolute atomic E-state index is 0.0118. The summed E-state index contributed by atoms with van der Waals surface area (Å²) in [5.41, 5.74) is -0.175. The SMILES string of the molecule is CCOC(=O)c1c(NC(=O)COC(=O)C(NC(C)=O)C2CCCC2)oc(C)c1C(C)=O. The van der Waals surface area contributed by atoms with E-state index in [1.807, 2.05) is 0 Å². The molecule has 1 aromatic heterocycles. The van der Waals surface area contributed by atoms with E-state index >= 15 is 0 Å². The number of anilines is 1. The van der Waals surface area contributed by atoms with Gasteiger partial charge in [0.05, 0.1) is 12.2 Å². The quantitative estimate of drug-likeness (QED) is 0.443. The second kappa shape index (κ2) is 10.7. The molecule has 0 saturated heterocycles. The van der Waals surface area contributed by atoms with Crippen LogP contribution in [0.4, 0.5) is 5.88 Å². The molecule has 0 bridgehead atoms. The van der Waals surface area contributed by atoms with Gasteiger partial charge in [-0.05, 0) is 39.5 Å². The number of carbonyl (C=O) groups is 5. The fourth-order valence-corrected chi connectivity index (χ4v) is 3.72. The van der Waals surface area contributed by atoms with Crippen LogP contribution in [0.5, 0.6) is 0 Å². The average molecular weight is 436 g/mol. The monoisotopic (exact) mass is 436 g/mol. The number of Topliss-reactive ketones (excluding diaryl/α,β-unsaturated/α-hetero) is 1. The zero-order chi connectivity index (χ0) is 23.1. The molecule has 0 spiro atoms. The van der Waals surface area contributed by atoms with Gasteiger partial charge in [-0.3, -0.25) is 19.7 Å². The van der Waals surface area contributed by atoms with Crippen molar-refractivity contribution in [2.45, 2.75) is 59.4 Å². The lowest BCUT2D eigenvalue weighted by atomic mass is 9.98. The zero-order valence-corrected chi connectivity index (χ0v) is 18.2. The Kier molecular flexibility index (Phi) is 8.35. The predicted molar refractivity (Wildman–Crippen MR) is 109 cm³/mol. The van der Waals surface area contributed by atoms with Crippen LogP contribution in [0.15, 0.2) is 4.42 Å². The number of ketones is 1. The maximum Gasteiger partial charge on any atom is 0.344 e. The van der Waals surface area contributed by atoms with E-state index in [9.17, 15) is 24.0 Å². The van der Waals surface area contributed by atoms with Crippen LogP contribution in [-0.2, 0) is 23.9 Å². The summed E-state index contributed by atoms with van der Waals surface area (Å²) in [7, 11) is 0. The van der Waals surface area contributed by atoms with Crippen molar-refractivity contribution >= 4 is 35.4 Å². The van der Waals surface area contributed by atoms with Crippen molar-refractivity contribution in [1.82, 2.24) is 5.32 Å². The van der Waals surface area contributed by atoms with Crippen LogP contribution in [-0.4, -0.2) is 48.8 Å². The summed E-state index contributed by atoms with van der Waals surface area (Å²) in [6.45, 7) is 5.07. The van der Waals surface area contributed by atoms with Crippen molar-refractivity contribution in [3.8, 4) is 0 Å². The summed E-state index contributed by atoms with van der Waals surface area (Å²) in [5.74, 6) is -3.22. The predicted octanol–water partition coefficient (Wildman–Crippen LogP) is 2.14. The van der Waals surface area contributed by atoms with E-state index in [-0.39, 0.29) is 41.2 Å². The van der Waals surface area contributed by atoms with E-state index in [0.717, 1.165) is 25.7 Å². The third kappa shape index (κ3) is 6.16. The molecule has 1 aliphatic rings.